The zero-order chi connectivity index (χ0) is 21.8. The Bertz CT molecular complexity index is 1120. The van der Waals surface area contributed by atoms with Gasteiger partial charge in [0.1, 0.15) is 5.75 Å². The Balaban J connectivity index is 1.35. The van der Waals surface area contributed by atoms with Crippen LogP contribution in [0, 0.1) is 5.41 Å². The molecular weight excluding hydrogens is 390 g/mol. The minimum Gasteiger partial charge on any atom is -0.483 e. The third-order valence-electron chi connectivity index (χ3n) is 5.70. The number of anilines is 1. The molecule has 6 heteroatoms. The van der Waals surface area contributed by atoms with Gasteiger partial charge >= 0.3 is 0 Å². The normalized spacial score (nSPS) is 13.8. The van der Waals surface area contributed by atoms with Crippen molar-refractivity contribution in [3.05, 3.63) is 71.8 Å². The van der Waals surface area contributed by atoms with Crippen LogP contribution in [0.2, 0.25) is 0 Å². The smallest absolute Gasteiger partial charge is 0.260 e. The number of nitrogens with zero attached hydrogens (tertiary/aromatic N) is 2. The number of rotatable bonds is 6. The highest BCUT2D eigenvalue weighted by atomic mass is 16.5. The maximum atomic E-state index is 12.7. The van der Waals surface area contributed by atoms with E-state index in [-0.39, 0.29) is 18.3 Å². The molecule has 158 valence electrons. The summed E-state index contributed by atoms with van der Waals surface area (Å²) < 4.78 is 5.87. The first kappa shape index (κ1) is 20.6. The molecule has 0 bridgehead atoms. The number of ether oxygens (including phenoxy) is 1. The molecule has 0 aromatic heterocycles. The van der Waals surface area contributed by atoms with Crippen molar-refractivity contribution in [2.75, 3.05) is 37.7 Å². The molecule has 6 nitrogen and oxygen atoms in total. The van der Waals surface area contributed by atoms with E-state index in [0.29, 0.717) is 24.4 Å². The van der Waals surface area contributed by atoms with Gasteiger partial charge in [-0.25, -0.2) is 0 Å². The lowest BCUT2D eigenvalue weighted by Crippen LogP contribution is -2.50. The van der Waals surface area contributed by atoms with Gasteiger partial charge in [0.15, 0.2) is 12.4 Å². The van der Waals surface area contributed by atoms with Gasteiger partial charge in [0, 0.05) is 54.6 Å². The van der Waals surface area contributed by atoms with Crippen LogP contribution >= 0.6 is 0 Å². The fourth-order valence-electron chi connectivity index (χ4n) is 3.90. The van der Waals surface area contributed by atoms with Crippen LogP contribution < -0.4 is 9.64 Å². The molecule has 1 amide bonds. The predicted octanol–water partition coefficient (Wildman–Crippen LogP) is 3.77. The maximum absolute atomic E-state index is 12.7. The zero-order valence-electron chi connectivity index (χ0n) is 17.5. The Labute approximate surface area is 181 Å². The lowest BCUT2D eigenvalue weighted by Gasteiger charge is -2.36. The summed E-state index contributed by atoms with van der Waals surface area (Å²) in [4.78, 5) is 28.2. The first-order chi connectivity index (χ1) is 15.1. The quantitative estimate of drug-likeness (QED) is 0.491. The van der Waals surface area contributed by atoms with Crippen molar-refractivity contribution in [1.82, 2.24) is 4.90 Å². The van der Waals surface area contributed by atoms with Crippen LogP contribution in [0.3, 0.4) is 0 Å². The van der Waals surface area contributed by atoms with Crippen molar-refractivity contribution in [2.24, 2.45) is 0 Å². The molecule has 1 saturated heterocycles. The lowest BCUT2D eigenvalue weighted by molar-refractivity contribution is -0.133. The van der Waals surface area contributed by atoms with Gasteiger partial charge in [-0.05, 0) is 48.7 Å². The Hall–Kier alpha value is -3.67. The molecule has 1 fully saturated rings. The second-order valence-electron chi connectivity index (χ2n) is 7.60. The van der Waals surface area contributed by atoms with E-state index in [1.54, 1.807) is 6.92 Å². The van der Waals surface area contributed by atoms with Crippen LogP contribution in [-0.4, -0.2) is 55.6 Å². The fourth-order valence-corrected chi connectivity index (χ4v) is 3.90. The van der Waals surface area contributed by atoms with Gasteiger partial charge in [-0.15, -0.1) is 0 Å². The summed E-state index contributed by atoms with van der Waals surface area (Å²) in [6.45, 7) is 4.28. The largest absolute Gasteiger partial charge is 0.483 e. The van der Waals surface area contributed by atoms with Crippen LogP contribution in [0.5, 0.6) is 5.75 Å². The molecule has 0 aliphatic carbocycles. The molecule has 1 N–H and O–H groups in total. The van der Waals surface area contributed by atoms with Crippen molar-refractivity contribution in [1.29, 1.82) is 5.41 Å². The predicted molar refractivity (Wildman–Crippen MR) is 123 cm³/mol. The van der Waals surface area contributed by atoms with Crippen molar-refractivity contribution in [3.8, 4) is 5.75 Å². The van der Waals surface area contributed by atoms with Crippen molar-refractivity contribution in [3.63, 3.8) is 0 Å². The summed E-state index contributed by atoms with van der Waals surface area (Å²) in [6, 6.07) is 19.0. The van der Waals surface area contributed by atoms with Crippen molar-refractivity contribution in [2.45, 2.75) is 6.92 Å². The van der Waals surface area contributed by atoms with E-state index >= 15 is 0 Å². The molecule has 1 aliphatic heterocycles. The lowest BCUT2D eigenvalue weighted by atomic mass is 10.0. The summed E-state index contributed by atoms with van der Waals surface area (Å²) in [5, 5.41) is 9.40. The number of carbonyl (C=O) groups excluding carboxylic acids is 2. The molecule has 1 heterocycles. The van der Waals surface area contributed by atoms with Crippen LogP contribution in [0.1, 0.15) is 22.8 Å². The summed E-state index contributed by atoms with van der Waals surface area (Å²) in [5.74, 6) is 0.674. The highest BCUT2D eigenvalue weighted by molar-refractivity contribution is 6.01. The fraction of sp³-hybridized carbons (Fsp3) is 0.240. The SMILES string of the molecule is CC(=O)c1ccc(N2CCN(C(=O)COc3ccc(C=N)c4ccccc34)CC2)cc1. The Kier molecular flexibility index (Phi) is 5.98. The Morgan fingerprint density at radius 3 is 2.26 bits per heavy atom. The number of ketones is 1. The second kappa shape index (κ2) is 9.00. The molecule has 4 rings (SSSR count). The molecule has 0 saturated carbocycles. The number of hydrogen-bond acceptors (Lipinski definition) is 5. The maximum Gasteiger partial charge on any atom is 0.260 e. The molecule has 31 heavy (non-hydrogen) atoms. The molecule has 3 aromatic carbocycles. The van der Waals surface area contributed by atoms with E-state index < -0.39 is 0 Å². The van der Waals surface area contributed by atoms with E-state index in [1.165, 1.54) is 6.21 Å². The van der Waals surface area contributed by atoms with Crippen molar-refractivity contribution < 1.29 is 14.3 Å². The minimum atomic E-state index is -0.0354. The number of piperazine rings is 1. The van der Waals surface area contributed by atoms with Crippen LogP contribution in [0.25, 0.3) is 10.8 Å². The summed E-state index contributed by atoms with van der Waals surface area (Å²) in [6.07, 6.45) is 1.32. The number of Topliss-reactive ketones (excluding diaryl/α,β-unsaturated/α-hetero) is 1. The molecule has 0 unspecified atom stereocenters. The highest BCUT2D eigenvalue weighted by Crippen LogP contribution is 2.28. The van der Waals surface area contributed by atoms with Gasteiger partial charge in [-0.3, -0.25) is 9.59 Å². The van der Waals surface area contributed by atoms with Gasteiger partial charge in [0.05, 0.1) is 0 Å². The molecule has 1 aliphatic rings. The molecule has 0 atom stereocenters. The van der Waals surface area contributed by atoms with Crippen LogP contribution in [0.15, 0.2) is 60.7 Å². The summed E-state index contributed by atoms with van der Waals surface area (Å²) >= 11 is 0. The number of fused-ring (bicyclic) bond motifs is 1. The monoisotopic (exact) mass is 415 g/mol. The molecule has 0 spiro atoms. The summed E-state index contributed by atoms with van der Waals surface area (Å²) in [7, 11) is 0. The van der Waals surface area contributed by atoms with E-state index in [9.17, 15) is 9.59 Å². The standard InChI is InChI=1S/C25H25N3O3/c1-18(29)19-6-9-21(10-7-19)27-12-14-28(15-13-27)25(30)17-31-24-11-8-20(16-26)22-4-2-3-5-23(22)24/h2-11,16,26H,12-15,17H2,1H3. The average Bonchev–Trinajstić information content (AvgIpc) is 2.82. The van der Waals surface area contributed by atoms with Gasteiger partial charge in [-0.1, -0.05) is 24.3 Å². The zero-order valence-corrected chi connectivity index (χ0v) is 17.5. The average molecular weight is 415 g/mol. The van der Waals surface area contributed by atoms with Gasteiger partial charge in [0.2, 0.25) is 0 Å². The van der Waals surface area contributed by atoms with E-state index in [1.807, 2.05) is 65.6 Å². The van der Waals surface area contributed by atoms with Gasteiger partial charge < -0.3 is 19.9 Å². The van der Waals surface area contributed by atoms with E-state index in [4.69, 9.17) is 10.1 Å². The van der Waals surface area contributed by atoms with Gasteiger partial charge in [-0.2, -0.15) is 0 Å². The number of carbonyl (C=O) groups is 2. The molecule has 3 aromatic rings. The van der Waals surface area contributed by atoms with Crippen molar-refractivity contribution >= 4 is 34.4 Å². The third kappa shape index (κ3) is 4.43. The minimum absolute atomic E-state index is 0.0127. The van der Waals surface area contributed by atoms with Crippen LogP contribution in [-0.2, 0) is 4.79 Å². The number of nitrogens with one attached hydrogen (secondary N) is 1. The van der Waals surface area contributed by atoms with E-state index in [0.717, 1.165) is 35.1 Å². The number of amides is 1. The first-order valence-electron chi connectivity index (χ1n) is 10.4. The number of benzene rings is 3. The number of hydrogen-bond donors (Lipinski definition) is 1. The molecular formula is C25H25N3O3. The van der Waals surface area contributed by atoms with Gasteiger partial charge in [0.25, 0.3) is 5.91 Å². The molecule has 0 radical (unpaired) electrons. The Morgan fingerprint density at radius 2 is 1.61 bits per heavy atom. The highest BCUT2D eigenvalue weighted by Gasteiger charge is 2.22. The van der Waals surface area contributed by atoms with Crippen LogP contribution in [0.4, 0.5) is 5.69 Å². The Morgan fingerprint density at radius 1 is 0.935 bits per heavy atom. The topological polar surface area (TPSA) is 73.7 Å². The summed E-state index contributed by atoms with van der Waals surface area (Å²) in [5.41, 5.74) is 2.59. The first-order valence-corrected chi connectivity index (χ1v) is 10.4. The second-order valence-corrected chi connectivity index (χ2v) is 7.60. The third-order valence-corrected chi connectivity index (χ3v) is 5.70. The van der Waals surface area contributed by atoms with E-state index in [2.05, 4.69) is 4.90 Å².